The summed E-state index contributed by atoms with van der Waals surface area (Å²) >= 11 is 13.1. The quantitative estimate of drug-likeness (QED) is 0.143. The highest BCUT2D eigenvalue weighted by molar-refractivity contribution is 6.41. The minimum absolute atomic E-state index is 0.0177. The molecule has 0 amide bonds. The van der Waals surface area contributed by atoms with Gasteiger partial charge in [0.15, 0.2) is 0 Å². The molecule has 0 spiro atoms. The van der Waals surface area contributed by atoms with Gasteiger partial charge in [0.05, 0.1) is 36.6 Å². The maximum absolute atomic E-state index is 12.0. The topological polar surface area (TPSA) is 137 Å². The van der Waals surface area contributed by atoms with Gasteiger partial charge in [-0.1, -0.05) is 23.2 Å². The molecular formula is C29H29Cl2N7O5. The molecule has 1 aliphatic heterocycles. The number of hydrogen-bond acceptors (Lipinski definition) is 11. The Morgan fingerprint density at radius 2 is 1.70 bits per heavy atom. The van der Waals surface area contributed by atoms with Gasteiger partial charge in [-0.15, -0.1) is 0 Å². The summed E-state index contributed by atoms with van der Waals surface area (Å²) in [7, 11) is 5.04. The van der Waals surface area contributed by atoms with E-state index in [1.54, 1.807) is 42.6 Å². The van der Waals surface area contributed by atoms with E-state index in [1.165, 1.54) is 26.6 Å². The molecule has 4 aromatic rings. The zero-order chi connectivity index (χ0) is 30.5. The summed E-state index contributed by atoms with van der Waals surface area (Å²) in [5, 5.41) is 18.7. The number of methoxy groups -OCH3 is 2. The van der Waals surface area contributed by atoms with Gasteiger partial charge in [0.1, 0.15) is 57.0 Å². The number of halogens is 2. The lowest BCUT2D eigenvalue weighted by Crippen LogP contribution is -2.35. The number of benzene rings is 2. The number of piperidine rings is 1. The van der Waals surface area contributed by atoms with Crippen molar-refractivity contribution < 1.29 is 19.1 Å². The second kappa shape index (κ2) is 13.3. The Morgan fingerprint density at radius 3 is 2.37 bits per heavy atom. The van der Waals surface area contributed by atoms with Crippen LogP contribution in [0, 0.1) is 10.1 Å². The predicted molar refractivity (Wildman–Crippen MR) is 166 cm³/mol. The van der Waals surface area contributed by atoms with Crippen LogP contribution in [-0.4, -0.2) is 65.2 Å². The first-order valence-electron chi connectivity index (χ1n) is 13.3. The second-order valence-electron chi connectivity index (χ2n) is 9.78. The average molecular weight is 627 g/mol. The SMILES string of the molecule is COc1cc(OC)c(Cl)c(Nc2ncccc2-c2cc(Nc3ccc(OC4CCN(C)CC4)cc3[N+](=O)[O-])ncn2)c1Cl. The van der Waals surface area contributed by atoms with Crippen LogP contribution >= 0.6 is 23.2 Å². The van der Waals surface area contributed by atoms with Gasteiger partial charge < -0.3 is 29.7 Å². The summed E-state index contributed by atoms with van der Waals surface area (Å²) in [6.07, 6.45) is 4.70. The zero-order valence-electron chi connectivity index (χ0n) is 23.6. The third-order valence-corrected chi connectivity index (χ3v) is 7.72. The number of nitro groups is 1. The molecular weight excluding hydrogens is 597 g/mol. The maximum atomic E-state index is 12.0. The number of ether oxygens (including phenoxy) is 3. The summed E-state index contributed by atoms with van der Waals surface area (Å²) in [6.45, 7) is 1.84. The molecule has 0 radical (unpaired) electrons. The number of likely N-dealkylation sites (tertiary alicyclic amines) is 1. The molecule has 1 aliphatic rings. The Labute approximate surface area is 258 Å². The summed E-state index contributed by atoms with van der Waals surface area (Å²) < 4.78 is 16.8. The molecule has 3 heterocycles. The van der Waals surface area contributed by atoms with Crippen LogP contribution in [0.25, 0.3) is 11.3 Å². The monoisotopic (exact) mass is 625 g/mol. The summed E-state index contributed by atoms with van der Waals surface area (Å²) in [5.41, 5.74) is 1.55. The van der Waals surface area contributed by atoms with Crippen molar-refractivity contribution in [3.8, 4) is 28.5 Å². The predicted octanol–water partition coefficient (Wildman–Crippen LogP) is 6.73. The molecule has 224 valence electrons. The highest BCUT2D eigenvalue weighted by atomic mass is 35.5. The normalized spacial score (nSPS) is 13.8. The fraction of sp³-hybridized carbons (Fsp3) is 0.276. The van der Waals surface area contributed by atoms with Crippen molar-refractivity contribution in [3.63, 3.8) is 0 Å². The van der Waals surface area contributed by atoms with Crippen LogP contribution in [0.15, 0.2) is 55.0 Å². The minimum atomic E-state index is -0.453. The maximum Gasteiger partial charge on any atom is 0.296 e. The van der Waals surface area contributed by atoms with E-state index in [0.29, 0.717) is 45.8 Å². The van der Waals surface area contributed by atoms with Crippen molar-refractivity contribution in [1.29, 1.82) is 0 Å². The Morgan fingerprint density at radius 1 is 0.977 bits per heavy atom. The van der Waals surface area contributed by atoms with Gasteiger partial charge in [0.2, 0.25) is 0 Å². The lowest BCUT2D eigenvalue weighted by molar-refractivity contribution is -0.384. The van der Waals surface area contributed by atoms with Gasteiger partial charge in [-0.25, -0.2) is 15.0 Å². The van der Waals surface area contributed by atoms with Crippen molar-refractivity contribution >= 4 is 51.9 Å². The number of rotatable bonds is 10. The molecule has 2 aromatic heterocycles. The van der Waals surface area contributed by atoms with E-state index in [2.05, 4.69) is 37.5 Å². The largest absolute Gasteiger partial charge is 0.495 e. The van der Waals surface area contributed by atoms with Gasteiger partial charge in [-0.3, -0.25) is 10.1 Å². The van der Waals surface area contributed by atoms with Crippen LogP contribution < -0.4 is 24.8 Å². The van der Waals surface area contributed by atoms with Crippen molar-refractivity contribution in [2.24, 2.45) is 0 Å². The van der Waals surface area contributed by atoms with Crippen LogP contribution in [0.3, 0.4) is 0 Å². The van der Waals surface area contributed by atoms with E-state index in [-0.39, 0.29) is 27.5 Å². The summed E-state index contributed by atoms with van der Waals surface area (Å²) in [6, 6.07) is 11.6. The Bertz CT molecular complexity index is 1610. The number of anilines is 4. The number of aromatic nitrogens is 3. The molecule has 12 nitrogen and oxygen atoms in total. The number of nitrogens with zero attached hydrogens (tertiary/aromatic N) is 5. The van der Waals surface area contributed by atoms with Gasteiger partial charge in [0, 0.05) is 37.0 Å². The van der Waals surface area contributed by atoms with Gasteiger partial charge in [-0.05, 0) is 44.2 Å². The zero-order valence-corrected chi connectivity index (χ0v) is 25.1. The lowest BCUT2D eigenvalue weighted by atomic mass is 10.1. The van der Waals surface area contributed by atoms with Crippen molar-refractivity contribution in [1.82, 2.24) is 19.9 Å². The molecule has 0 saturated carbocycles. The van der Waals surface area contributed by atoms with Crippen LogP contribution in [0.1, 0.15) is 12.8 Å². The Balaban J connectivity index is 1.41. The third-order valence-electron chi connectivity index (χ3n) is 6.96. The molecule has 0 aliphatic carbocycles. The third kappa shape index (κ3) is 6.82. The summed E-state index contributed by atoms with van der Waals surface area (Å²) in [4.78, 5) is 26.9. The molecule has 5 rings (SSSR count). The number of hydrogen-bond donors (Lipinski definition) is 2. The van der Waals surface area contributed by atoms with Gasteiger partial charge in [-0.2, -0.15) is 0 Å². The molecule has 43 heavy (non-hydrogen) atoms. The van der Waals surface area contributed by atoms with Crippen molar-refractivity contribution in [2.45, 2.75) is 18.9 Å². The van der Waals surface area contributed by atoms with Crippen LogP contribution in [0.2, 0.25) is 10.0 Å². The molecule has 0 bridgehead atoms. The number of nitrogens with one attached hydrogen (secondary N) is 2. The van der Waals surface area contributed by atoms with Crippen LogP contribution in [-0.2, 0) is 0 Å². The molecule has 2 N–H and O–H groups in total. The van der Waals surface area contributed by atoms with Crippen molar-refractivity contribution in [2.75, 3.05) is 45.0 Å². The van der Waals surface area contributed by atoms with Crippen LogP contribution in [0.5, 0.6) is 17.2 Å². The molecule has 1 saturated heterocycles. The molecule has 14 heteroatoms. The lowest BCUT2D eigenvalue weighted by Gasteiger charge is -2.29. The van der Waals surface area contributed by atoms with Gasteiger partial charge in [0.25, 0.3) is 5.69 Å². The molecule has 0 unspecified atom stereocenters. The number of nitro benzene ring substituents is 1. The van der Waals surface area contributed by atoms with E-state index < -0.39 is 4.92 Å². The molecule has 2 aromatic carbocycles. The Kier molecular flexibility index (Phi) is 9.29. The Hall–Kier alpha value is -4.39. The standard InChI is InChI=1S/C29H29Cl2N7O5/c1-37-11-8-17(9-12-37)43-18-6-7-20(22(13-18)38(39)40)35-25-14-21(33-16-34-25)19-5-4-10-32-29(19)36-28-26(30)23(41-2)15-24(42-3)27(28)31/h4-7,10,13-17H,8-9,11-12H2,1-3H3,(H,32,36)(H,33,34,35). The fourth-order valence-corrected chi connectivity index (χ4v) is 5.27. The van der Waals surface area contributed by atoms with Crippen LogP contribution in [0.4, 0.5) is 28.7 Å². The minimum Gasteiger partial charge on any atom is -0.495 e. The fourth-order valence-electron chi connectivity index (χ4n) is 4.67. The van der Waals surface area contributed by atoms with E-state index in [1.807, 2.05) is 0 Å². The average Bonchev–Trinajstić information content (AvgIpc) is 3.01. The first-order chi connectivity index (χ1) is 20.8. The van der Waals surface area contributed by atoms with E-state index in [0.717, 1.165) is 25.9 Å². The first kappa shape index (κ1) is 30.1. The first-order valence-corrected chi connectivity index (χ1v) is 14.1. The highest BCUT2D eigenvalue weighted by Gasteiger charge is 2.22. The van der Waals surface area contributed by atoms with E-state index in [9.17, 15) is 10.1 Å². The van der Waals surface area contributed by atoms with E-state index >= 15 is 0 Å². The molecule has 0 atom stereocenters. The molecule has 1 fully saturated rings. The second-order valence-corrected chi connectivity index (χ2v) is 10.5. The van der Waals surface area contributed by atoms with Gasteiger partial charge >= 0.3 is 0 Å². The smallest absolute Gasteiger partial charge is 0.296 e. The van der Waals surface area contributed by atoms with E-state index in [4.69, 9.17) is 37.4 Å². The highest BCUT2D eigenvalue weighted by Crippen LogP contribution is 2.46. The number of pyridine rings is 1. The summed E-state index contributed by atoms with van der Waals surface area (Å²) in [5.74, 6) is 1.91. The van der Waals surface area contributed by atoms with Crippen molar-refractivity contribution in [3.05, 3.63) is 75.1 Å².